The largest absolute Gasteiger partial charge is 0.301 e. The van der Waals surface area contributed by atoms with E-state index in [1.165, 1.54) is 4.90 Å². The highest BCUT2D eigenvalue weighted by molar-refractivity contribution is 6.30. The lowest BCUT2D eigenvalue weighted by Gasteiger charge is -2.24. The molecule has 2 amide bonds. The summed E-state index contributed by atoms with van der Waals surface area (Å²) in [6, 6.07) is 7.07. The summed E-state index contributed by atoms with van der Waals surface area (Å²) < 4.78 is 0. The topological polar surface area (TPSA) is 49.4 Å². The molecule has 1 aromatic rings. The lowest BCUT2D eigenvalue weighted by Crippen LogP contribution is -2.43. The van der Waals surface area contributed by atoms with Gasteiger partial charge in [-0.15, -0.1) is 0 Å². The van der Waals surface area contributed by atoms with Crippen molar-refractivity contribution in [1.82, 2.24) is 10.2 Å². The number of nitrogens with one attached hydrogen (secondary N) is 1. The van der Waals surface area contributed by atoms with Gasteiger partial charge in [0.1, 0.15) is 0 Å². The van der Waals surface area contributed by atoms with Crippen LogP contribution in [0.15, 0.2) is 24.3 Å². The molecule has 21 heavy (non-hydrogen) atoms. The standard InChI is InChI=1S/C16H21ClN2O2/c1-3-13(4-2)19-15(20)9-14(16(19)21)18-10-11-5-7-12(17)8-6-11/h5-8,13-14,18H,3-4,9-10H2,1-2H3. The van der Waals surface area contributed by atoms with E-state index >= 15 is 0 Å². The first-order valence-electron chi connectivity index (χ1n) is 7.40. The number of hydrogen-bond donors (Lipinski definition) is 1. The van der Waals surface area contributed by atoms with Gasteiger partial charge in [0, 0.05) is 17.6 Å². The molecule has 0 spiro atoms. The van der Waals surface area contributed by atoms with E-state index < -0.39 is 6.04 Å². The smallest absolute Gasteiger partial charge is 0.247 e. The van der Waals surface area contributed by atoms with Gasteiger partial charge < -0.3 is 5.32 Å². The number of nitrogens with zero attached hydrogens (tertiary/aromatic N) is 1. The predicted molar refractivity (Wildman–Crippen MR) is 82.9 cm³/mol. The number of halogens is 1. The minimum Gasteiger partial charge on any atom is -0.301 e. The second kappa shape index (κ2) is 7.05. The van der Waals surface area contributed by atoms with Gasteiger partial charge in [0.2, 0.25) is 11.8 Å². The average Bonchev–Trinajstić information content (AvgIpc) is 2.76. The van der Waals surface area contributed by atoms with Gasteiger partial charge in [-0.1, -0.05) is 37.6 Å². The van der Waals surface area contributed by atoms with Crippen LogP contribution in [0.1, 0.15) is 38.7 Å². The molecule has 1 aliphatic rings. The molecule has 5 heteroatoms. The molecule has 0 aromatic heterocycles. The van der Waals surface area contributed by atoms with Crippen LogP contribution in [-0.2, 0) is 16.1 Å². The molecule has 1 unspecified atom stereocenters. The maximum atomic E-state index is 12.4. The Balaban J connectivity index is 1.97. The van der Waals surface area contributed by atoms with Crippen molar-refractivity contribution in [2.75, 3.05) is 0 Å². The van der Waals surface area contributed by atoms with E-state index in [1.54, 1.807) is 0 Å². The van der Waals surface area contributed by atoms with Crippen molar-refractivity contribution in [3.8, 4) is 0 Å². The Bertz CT molecular complexity index is 512. The Morgan fingerprint density at radius 3 is 2.43 bits per heavy atom. The zero-order valence-corrected chi connectivity index (χ0v) is 13.2. The molecule has 2 rings (SSSR count). The summed E-state index contributed by atoms with van der Waals surface area (Å²) in [7, 11) is 0. The average molecular weight is 309 g/mol. The molecule has 1 fully saturated rings. The molecule has 1 N–H and O–H groups in total. The zero-order chi connectivity index (χ0) is 15.4. The van der Waals surface area contributed by atoms with Crippen molar-refractivity contribution in [3.63, 3.8) is 0 Å². The predicted octanol–water partition coefficient (Wildman–Crippen LogP) is 2.75. The van der Waals surface area contributed by atoms with Gasteiger partial charge in [-0.2, -0.15) is 0 Å². The molecule has 0 aliphatic carbocycles. The van der Waals surface area contributed by atoms with Gasteiger partial charge in [-0.25, -0.2) is 0 Å². The van der Waals surface area contributed by atoms with E-state index in [1.807, 2.05) is 38.1 Å². The summed E-state index contributed by atoms with van der Waals surface area (Å²) in [5, 5.41) is 3.86. The summed E-state index contributed by atoms with van der Waals surface area (Å²) >= 11 is 5.84. The Hall–Kier alpha value is -1.39. The number of imide groups is 1. The van der Waals surface area contributed by atoms with Gasteiger partial charge >= 0.3 is 0 Å². The first-order chi connectivity index (χ1) is 10.1. The molecule has 0 bridgehead atoms. The number of hydrogen-bond acceptors (Lipinski definition) is 3. The molecule has 1 aliphatic heterocycles. The Morgan fingerprint density at radius 1 is 1.24 bits per heavy atom. The number of benzene rings is 1. The van der Waals surface area contributed by atoms with Crippen LogP contribution in [0.4, 0.5) is 0 Å². The van der Waals surface area contributed by atoms with Crippen molar-refractivity contribution in [3.05, 3.63) is 34.9 Å². The number of likely N-dealkylation sites (tertiary alicyclic amines) is 1. The van der Waals surface area contributed by atoms with Crippen LogP contribution in [0.3, 0.4) is 0 Å². The highest BCUT2D eigenvalue weighted by Crippen LogP contribution is 2.20. The summed E-state index contributed by atoms with van der Waals surface area (Å²) in [5.41, 5.74) is 1.04. The van der Waals surface area contributed by atoms with Gasteiger partial charge in [-0.3, -0.25) is 14.5 Å². The number of rotatable bonds is 6. The third-order valence-electron chi connectivity index (χ3n) is 3.96. The van der Waals surface area contributed by atoms with Crippen molar-refractivity contribution < 1.29 is 9.59 Å². The van der Waals surface area contributed by atoms with Crippen LogP contribution in [0.5, 0.6) is 0 Å². The molecule has 1 aromatic carbocycles. The number of carbonyl (C=O) groups is 2. The fourth-order valence-corrected chi connectivity index (χ4v) is 2.82. The Labute approximate surface area is 130 Å². The molecule has 0 saturated carbocycles. The molecular weight excluding hydrogens is 288 g/mol. The quantitative estimate of drug-likeness (QED) is 0.822. The van der Waals surface area contributed by atoms with E-state index in [0.717, 1.165) is 18.4 Å². The van der Waals surface area contributed by atoms with Crippen LogP contribution in [0.2, 0.25) is 5.02 Å². The summed E-state index contributed by atoms with van der Waals surface area (Å²) in [6.45, 7) is 4.56. The van der Waals surface area contributed by atoms with Crippen LogP contribution < -0.4 is 5.32 Å². The fourth-order valence-electron chi connectivity index (χ4n) is 2.69. The highest BCUT2D eigenvalue weighted by Gasteiger charge is 2.40. The van der Waals surface area contributed by atoms with Crippen LogP contribution >= 0.6 is 11.6 Å². The monoisotopic (exact) mass is 308 g/mol. The molecule has 4 nitrogen and oxygen atoms in total. The third-order valence-corrected chi connectivity index (χ3v) is 4.21. The first-order valence-corrected chi connectivity index (χ1v) is 7.78. The van der Waals surface area contributed by atoms with E-state index in [4.69, 9.17) is 11.6 Å². The summed E-state index contributed by atoms with van der Waals surface area (Å²) in [5.74, 6) is -0.162. The van der Waals surface area contributed by atoms with Crippen molar-refractivity contribution in [2.45, 2.75) is 51.7 Å². The summed E-state index contributed by atoms with van der Waals surface area (Å²) in [4.78, 5) is 25.9. The third kappa shape index (κ3) is 3.63. The lowest BCUT2D eigenvalue weighted by molar-refractivity contribution is -0.141. The minimum absolute atomic E-state index is 0.0207. The van der Waals surface area contributed by atoms with Crippen LogP contribution in [0, 0.1) is 0 Å². The number of amides is 2. The van der Waals surface area contributed by atoms with E-state index in [0.29, 0.717) is 11.6 Å². The first kappa shape index (κ1) is 16.0. The highest BCUT2D eigenvalue weighted by atomic mass is 35.5. The molecular formula is C16H21ClN2O2. The minimum atomic E-state index is -0.409. The van der Waals surface area contributed by atoms with Gasteiger partial charge in [0.25, 0.3) is 0 Å². The van der Waals surface area contributed by atoms with Crippen molar-refractivity contribution in [2.24, 2.45) is 0 Å². The van der Waals surface area contributed by atoms with E-state index in [2.05, 4.69) is 5.32 Å². The van der Waals surface area contributed by atoms with Gasteiger partial charge in [0.05, 0.1) is 12.5 Å². The maximum Gasteiger partial charge on any atom is 0.247 e. The summed E-state index contributed by atoms with van der Waals surface area (Å²) in [6.07, 6.45) is 1.86. The molecule has 1 heterocycles. The fraction of sp³-hybridized carbons (Fsp3) is 0.500. The van der Waals surface area contributed by atoms with E-state index in [-0.39, 0.29) is 24.3 Å². The second-order valence-corrected chi connectivity index (χ2v) is 5.77. The maximum absolute atomic E-state index is 12.4. The van der Waals surface area contributed by atoms with Crippen LogP contribution in [0.25, 0.3) is 0 Å². The SMILES string of the molecule is CCC(CC)N1C(=O)CC(NCc2ccc(Cl)cc2)C1=O. The molecule has 114 valence electrons. The normalized spacial score (nSPS) is 18.9. The van der Waals surface area contributed by atoms with Crippen molar-refractivity contribution in [1.29, 1.82) is 0 Å². The lowest BCUT2D eigenvalue weighted by atomic mass is 10.1. The molecule has 0 radical (unpaired) electrons. The second-order valence-electron chi connectivity index (χ2n) is 5.34. The molecule has 1 saturated heterocycles. The Kier molecular flexibility index (Phi) is 5.37. The molecule has 1 atom stereocenters. The number of carbonyl (C=O) groups excluding carboxylic acids is 2. The van der Waals surface area contributed by atoms with Crippen molar-refractivity contribution >= 4 is 23.4 Å². The zero-order valence-electron chi connectivity index (χ0n) is 12.4. The van der Waals surface area contributed by atoms with Gasteiger partial charge in [0.15, 0.2) is 0 Å². The van der Waals surface area contributed by atoms with E-state index in [9.17, 15) is 9.59 Å². The van der Waals surface area contributed by atoms with Crippen LogP contribution in [-0.4, -0.2) is 28.8 Å². The van der Waals surface area contributed by atoms with Gasteiger partial charge in [-0.05, 0) is 30.5 Å². The Morgan fingerprint density at radius 2 is 1.86 bits per heavy atom.